The fourth-order valence-corrected chi connectivity index (χ4v) is 2.96. The second-order valence-electron chi connectivity index (χ2n) is 5.14. The van der Waals surface area contributed by atoms with Crippen molar-refractivity contribution in [3.05, 3.63) is 77.1 Å². The van der Waals surface area contributed by atoms with Crippen LogP contribution in [0.5, 0.6) is 0 Å². The predicted molar refractivity (Wildman–Crippen MR) is 74.9 cm³/mol. The number of hydrogen-bond acceptors (Lipinski definition) is 3. The van der Waals surface area contributed by atoms with Gasteiger partial charge in [0.1, 0.15) is 5.41 Å². The third-order valence-corrected chi connectivity index (χ3v) is 4.02. The summed E-state index contributed by atoms with van der Waals surface area (Å²) in [6, 6.07) is 9.49. The molecule has 2 heterocycles. The molecular formula is C16H13N2O2+. The van der Waals surface area contributed by atoms with Crippen LogP contribution < -0.4 is 0 Å². The molecular weight excluding hydrogens is 252 g/mol. The molecule has 3 aliphatic rings. The van der Waals surface area contributed by atoms with Crippen molar-refractivity contribution in [1.29, 1.82) is 0 Å². The number of benzene rings is 1. The number of rotatable bonds is 1. The van der Waals surface area contributed by atoms with E-state index in [1.54, 1.807) is 6.26 Å². The number of nitrogens with zero attached hydrogens (tertiary/aromatic N) is 2. The Balaban J connectivity index is 1.89. The van der Waals surface area contributed by atoms with Crippen LogP contribution in [0, 0.1) is 10.3 Å². The minimum Gasteiger partial charge on any atom is -0.455 e. The van der Waals surface area contributed by atoms with E-state index in [9.17, 15) is 4.91 Å². The highest BCUT2D eigenvalue weighted by Crippen LogP contribution is 2.48. The Kier molecular flexibility index (Phi) is 2.27. The zero-order valence-electron chi connectivity index (χ0n) is 10.8. The maximum Gasteiger partial charge on any atom is 0.372 e. The van der Waals surface area contributed by atoms with Gasteiger partial charge < -0.3 is 4.74 Å². The fraction of sp³-hybridized carbons (Fsp3) is 0.188. The average Bonchev–Trinajstić information content (AvgIpc) is 2.92. The van der Waals surface area contributed by atoms with Crippen molar-refractivity contribution in [2.24, 2.45) is 10.4 Å². The molecule has 0 aromatic heterocycles. The highest BCUT2D eigenvalue weighted by atomic mass is 16.5. The van der Waals surface area contributed by atoms with E-state index in [2.05, 4.69) is 4.99 Å². The first-order chi connectivity index (χ1) is 9.81. The predicted octanol–water partition coefficient (Wildman–Crippen LogP) is 2.93. The third kappa shape index (κ3) is 1.39. The minimum atomic E-state index is -0.564. The first-order valence-electron chi connectivity index (χ1n) is 6.62. The van der Waals surface area contributed by atoms with Gasteiger partial charge in [-0.05, 0) is 35.7 Å². The Labute approximate surface area is 116 Å². The van der Waals surface area contributed by atoms with E-state index in [1.807, 2.05) is 54.6 Å². The number of amidine groups is 1. The summed E-state index contributed by atoms with van der Waals surface area (Å²) in [5.41, 5.74) is 1.26. The molecule has 2 atom stereocenters. The molecule has 0 bridgehead atoms. The number of allylic oxidation sites excluding steroid dienone is 3. The number of nitroso groups, excluding NO2 is 1. The number of hydrogen-bond donors (Lipinski definition) is 0. The van der Waals surface area contributed by atoms with E-state index in [0.717, 1.165) is 22.4 Å². The second-order valence-corrected chi connectivity index (χ2v) is 5.14. The van der Waals surface area contributed by atoms with Crippen LogP contribution in [0.3, 0.4) is 0 Å². The highest BCUT2D eigenvalue weighted by Gasteiger charge is 2.58. The molecule has 0 radical (unpaired) electrons. The van der Waals surface area contributed by atoms with Crippen LogP contribution in [0.2, 0.25) is 0 Å². The van der Waals surface area contributed by atoms with Gasteiger partial charge >= 0.3 is 5.84 Å². The molecule has 98 valence electrons. The van der Waals surface area contributed by atoms with Crippen LogP contribution >= 0.6 is 0 Å². The summed E-state index contributed by atoms with van der Waals surface area (Å²) in [6.45, 7) is 0. The van der Waals surface area contributed by atoms with Gasteiger partial charge in [0, 0.05) is 4.76 Å². The molecule has 0 saturated heterocycles. The van der Waals surface area contributed by atoms with Crippen LogP contribution in [-0.4, -0.2) is 16.8 Å². The topological polar surface area (TPSA) is 41.7 Å². The van der Waals surface area contributed by atoms with E-state index in [-0.39, 0.29) is 0 Å². The zero-order chi connectivity index (χ0) is 13.6. The molecule has 4 heteroatoms. The Morgan fingerprint density at radius 1 is 1.30 bits per heavy atom. The Morgan fingerprint density at radius 2 is 2.15 bits per heavy atom. The van der Waals surface area contributed by atoms with Crippen molar-refractivity contribution in [2.45, 2.75) is 12.6 Å². The Bertz CT molecular complexity index is 700. The molecule has 2 aliphatic heterocycles. The summed E-state index contributed by atoms with van der Waals surface area (Å²) < 4.78 is 6.45. The standard InChI is InChI=1S/C16H13N2O2/c19-18-14(12-6-2-1-3-7-12)17-13-8-4-5-9-16(13)10-11-20-15(16)18/h1-8,10-11,15H,9H2/q+1. The van der Waals surface area contributed by atoms with Crippen LogP contribution in [0.25, 0.3) is 0 Å². The van der Waals surface area contributed by atoms with E-state index in [4.69, 9.17) is 4.74 Å². The molecule has 20 heavy (non-hydrogen) atoms. The maximum atomic E-state index is 12.6. The highest BCUT2D eigenvalue weighted by molar-refractivity contribution is 5.93. The van der Waals surface area contributed by atoms with Gasteiger partial charge in [-0.25, -0.2) is 0 Å². The summed E-state index contributed by atoms with van der Waals surface area (Å²) in [6.07, 6.45) is 9.74. The number of ether oxygens (including phenoxy) is 1. The van der Waals surface area contributed by atoms with Crippen molar-refractivity contribution in [2.75, 3.05) is 0 Å². The summed E-state index contributed by atoms with van der Waals surface area (Å²) in [7, 11) is 0. The van der Waals surface area contributed by atoms with Crippen LogP contribution in [0.1, 0.15) is 12.0 Å². The van der Waals surface area contributed by atoms with E-state index < -0.39 is 11.6 Å². The summed E-state index contributed by atoms with van der Waals surface area (Å²) >= 11 is 0. The number of aliphatic imine (C=N–C) groups is 1. The minimum absolute atomic E-state index is 0.413. The largest absolute Gasteiger partial charge is 0.455 e. The molecule has 1 aliphatic carbocycles. The lowest BCUT2D eigenvalue weighted by Gasteiger charge is -2.30. The average molecular weight is 265 g/mol. The molecule has 2 unspecified atom stereocenters. The van der Waals surface area contributed by atoms with E-state index in [0.29, 0.717) is 5.84 Å². The van der Waals surface area contributed by atoms with Crippen LogP contribution in [-0.2, 0) is 4.74 Å². The monoisotopic (exact) mass is 265 g/mol. The van der Waals surface area contributed by atoms with Gasteiger partial charge in [0.25, 0.3) is 6.23 Å². The van der Waals surface area contributed by atoms with Crippen LogP contribution in [0.15, 0.2) is 71.6 Å². The van der Waals surface area contributed by atoms with Crippen molar-refractivity contribution < 1.29 is 9.50 Å². The fourth-order valence-electron chi connectivity index (χ4n) is 2.96. The molecule has 0 N–H and O–H groups in total. The van der Waals surface area contributed by atoms with E-state index in [1.165, 1.54) is 0 Å². The van der Waals surface area contributed by atoms with Gasteiger partial charge in [0.2, 0.25) is 0 Å². The van der Waals surface area contributed by atoms with Gasteiger partial charge in [0.05, 0.1) is 11.8 Å². The van der Waals surface area contributed by atoms with Gasteiger partial charge in [-0.2, -0.15) is 0 Å². The molecule has 4 nitrogen and oxygen atoms in total. The lowest BCUT2D eigenvalue weighted by Crippen LogP contribution is -2.47. The van der Waals surface area contributed by atoms with Gasteiger partial charge in [0.15, 0.2) is 5.70 Å². The zero-order valence-corrected chi connectivity index (χ0v) is 10.8. The smallest absolute Gasteiger partial charge is 0.372 e. The van der Waals surface area contributed by atoms with Crippen LogP contribution in [0.4, 0.5) is 0 Å². The normalized spacial score (nSPS) is 30.2. The van der Waals surface area contributed by atoms with Crippen molar-refractivity contribution in [3.8, 4) is 0 Å². The van der Waals surface area contributed by atoms with Crippen molar-refractivity contribution in [1.82, 2.24) is 0 Å². The lowest BCUT2D eigenvalue weighted by molar-refractivity contribution is -0.545. The SMILES string of the molecule is O=[N+]1C(c2ccccc2)=NC2=CC=CCC23C=COC13. The first kappa shape index (κ1) is 11.3. The summed E-state index contributed by atoms with van der Waals surface area (Å²) in [5, 5.41) is 0. The van der Waals surface area contributed by atoms with E-state index >= 15 is 0 Å². The Hall–Kier alpha value is -2.49. The summed E-state index contributed by atoms with van der Waals surface area (Å²) in [4.78, 5) is 17.2. The molecule has 1 aromatic rings. The molecule has 1 aromatic carbocycles. The van der Waals surface area contributed by atoms with Gasteiger partial charge in [-0.3, -0.25) is 0 Å². The van der Waals surface area contributed by atoms with Crippen molar-refractivity contribution in [3.63, 3.8) is 0 Å². The molecule has 4 rings (SSSR count). The lowest BCUT2D eigenvalue weighted by atomic mass is 9.76. The van der Waals surface area contributed by atoms with Gasteiger partial charge in [-0.1, -0.05) is 35.3 Å². The van der Waals surface area contributed by atoms with Gasteiger partial charge in [-0.15, -0.1) is 0 Å². The third-order valence-electron chi connectivity index (χ3n) is 4.02. The molecule has 1 spiro atoms. The quantitative estimate of drug-likeness (QED) is 0.733. The maximum absolute atomic E-state index is 12.6. The Morgan fingerprint density at radius 3 is 3.00 bits per heavy atom. The molecule has 0 saturated carbocycles. The van der Waals surface area contributed by atoms with Crippen molar-refractivity contribution >= 4 is 5.84 Å². The molecule has 0 amide bonds. The molecule has 0 fully saturated rings. The first-order valence-corrected chi connectivity index (χ1v) is 6.62. The second kappa shape index (κ2) is 4.00. The summed E-state index contributed by atoms with van der Waals surface area (Å²) in [5.74, 6) is 0.413.